The topological polar surface area (TPSA) is 97.1 Å². The molecular weight excluding hydrogens is 263 g/mol. The second-order valence-electron chi connectivity index (χ2n) is 4.65. The zero-order valence-electron chi connectivity index (χ0n) is 11.7. The fourth-order valence-electron chi connectivity index (χ4n) is 1.70. The number of aromatic nitrogens is 1. The van der Waals surface area contributed by atoms with Crippen LogP contribution in [0.1, 0.15) is 31.1 Å². The summed E-state index contributed by atoms with van der Waals surface area (Å²) in [7, 11) is 0. The van der Waals surface area contributed by atoms with Gasteiger partial charge in [0.2, 0.25) is 5.91 Å². The summed E-state index contributed by atoms with van der Waals surface area (Å²) >= 11 is 0. The Labute approximate surface area is 116 Å². The van der Waals surface area contributed by atoms with Crippen LogP contribution in [0.3, 0.4) is 0 Å². The highest BCUT2D eigenvalue weighted by atomic mass is 19.1. The van der Waals surface area contributed by atoms with Crippen LogP contribution in [0.15, 0.2) is 12.3 Å². The zero-order valence-corrected chi connectivity index (χ0v) is 11.7. The number of primary amides is 1. The highest BCUT2D eigenvalue weighted by Crippen LogP contribution is 2.15. The summed E-state index contributed by atoms with van der Waals surface area (Å²) in [6.07, 6.45) is 1.32. The van der Waals surface area contributed by atoms with Gasteiger partial charge in [-0.2, -0.15) is 0 Å². The molecule has 1 atom stereocenters. The summed E-state index contributed by atoms with van der Waals surface area (Å²) in [6.45, 7) is 5.74. The number of anilines is 1. The maximum Gasteiger partial charge on any atom is 0.255 e. The Morgan fingerprint density at radius 2 is 2.10 bits per heavy atom. The van der Waals surface area contributed by atoms with Crippen molar-refractivity contribution in [1.29, 1.82) is 0 Å². The number of pyridine rings is 1. The van der Waals surface area contributed by atoms with Gasteiger partial charge in [-0.25, -0.2) is 9.37 Å². The van der Waals surface area contributed by atoms with Gasteiger partial charge in [0.25, 0.3) is 5.91 Å². The minimum absolute atomic E-state index is 0.000298. The molecule has 1 aromatic rings. The molecule has 0 saturated heterocycles. The van der Waals surface area contributed by atoms with Crippen molar-refractivity contribution in [3.05, 3.63) is 23.6 Å². The largest absolute Gasteiger partial charge is 0.368 e. The Kier molecular flexibility index (Phi) is 5.42. The number of carbonyl (C=O) groups excluding carboxylic acids is 2. The normalized spacial score (nSPS) is 12.1. The van der Waals surface area contributed by atoms with Crippen LogP contribution in [0.25, 0.3) is 0 Å². The lowest BCUT2D eigenvalue weighted by Gasteiger charge is -2.19. The average Bonchev–Trinajstić information content (AvgIpc) is 2.37. The zero-order chi connectivity index (χ0) is 15.3. The third-order valence-corrected chi connectivity index (χ3v) is 2.74. The lowest BCUT2D eigenvalue weighted by Crippen LogP contribution is -2.47. The van der Waals surface area contributed by atoms with Crippen LogP contribution in [0.2, 0.25) is 0 Å². The number of nitrogens with one attached hydrogen (secondary N) is 2. The van der Waals surface area contributed by atoms with Gasteiger partial charge in [0.1, 0.15) is 6.04 Å². The van der Waals surface area contributed by atoms with E-state index >= 15 is 0 Å². The van der Waals surface area contributed by atoms with Gasteiger partial charge in [0.05, 0.1) is 5.56 Å². The fourth-order valence-corrected chi connectivity index (χ4v) is 1.70. The highest BCUT2D eigenvalue weighted by molar-refractivity contribution is 5.98. The van der Waals surface area contributed by atoms with Gasteiger partial charge in [-0.3, -0.25) is 9.59 Å². The quantitative estimate of drug-likeness (QED) is 0.722. The van der Waals surface area contributed by atoms with Crippen molar-refractivity contribution in [1.82, 2.24) is 10.3 Å². The van der Waals surface area contributed by atoms with Crippen molar-refractivity contribution < 1.29 is 14.0 Å². The lowest BCUT2D eigenvalue weighted by molar-refractivity contribution is -0.120. The maximum absolute atomic E-state index is 14.1. The van der Waals surface area contributed by atoms with Crippen LogP contribution >= 0.6 is 0 Å². The van der Waals surface area contributed by atoms with Crippen molar-refractivity contribution in [3.8, 4) is 0 Å². The molecule has 4 N–H and O–H groups in total. The van der Waals surface area contributed by atoms with Crippen LogP contribution in [0.4, 0.5) is 10.2 Å². The predicted octanol–water partition coefficient (Wildman–Crippen LogP) is 0.892. The number of hydrogen-bond donors (Lipinski definition) is 3. The number of nitrogens with zero attached hydrogens (tertiary/aromatic N) is 1. The van der Waals surface area contributed by atoms with E-state index in [1.54, 1.807) is 20.8 Å². The van der Waals surface area contributed by atoms with Gasteiger partial charge in [-0.05, 0) is 18.9 Å². The van der Waals surface area contributed by atoms with E-state index in [1.807, 2.05) is 0 Å². The second-order valence-corrected chi connectivity index (χ2v) is 4.65. The molecular formula is C13H19FN4O2. The molecule has 1 heterocycles. The fraction of sp³-hybridized carbons (Fsp3) is 0.462. The molecule has 0 saturated carbocycles. The van der Waals surface area contributed by atoms with Gasteiger partial charge in [0.15, 0.2) is 11.6 Å². The van der Waals surface area contributed by atoms with Crippen molar-refractivity contribution in [2.24, 2.45) is 11.7 Å². The van der Waals surface area contributed by atoms with E-state index in [1.165, 1.54) is 12.3 Å². The summed E-state index contributed by atoms with van der Waals surface area (Å²) in [5, 5.41) is 5.15. The molecule has 0 fully saturated rings. The molecule has 0 aromatic carbocycles. The van der Waals surface area contributed by atoms with E-state index in [4.69, 9.17) is 5.73 Å². The van der Waals surface area contributed by atoms with E-state index in [-0.39, 0.29) is 17.3 Å². The third-order valence-electron chi connectivity index (χ3n) is 2.74. The third kappa shape index (κ3) is 3.66. The monoisotopic (exact) mass is 282 g/mol. The standard InChI is InChI=1S/C13H19FN4O2/c1-4-16-12-9(14)8(5-6-17-12)13(20)18-10(7(2)3)11(15)19/h5-7,10H,4H2,1-3H3,(H2,15,19)(H,16,17)(H,18,20). The van der Waals surface area contributed by atoms with E-state index in [9.17, 15) is 14.0 Å². The number of rotatable bonds is 6. The van der Waals surface area contributed by atoms with Crippen molar-refractivity contribution in [2.75, 3.05) is 11.9 Å². The lowest BCUT2D eigenvalue weighted by atomic mass is 10.0. The molecule has 20 heavy (non-hydrogen) atoms. The van der Waals surface area contributed by atoms with Crippen LogP contribution in [-0.2, 0) is 4.79 Å². The molecule has 110 valence electrons. The van der Waals surface area contributed by atoms with Crippen molar-refractivity contribution in [3.63, 3.8) is 0 Å². The molecule has 0 aliphatic rings. The summed E-state index contributed by atoms with van der Waals surface area (Å²) < 4.78 is 14.1. The van der Waals surface area contributed by atoms with Gasteiger partial charge in [-0.15, -0.1) is 0 Å². The SMILES string of the molecule is CCNc1nccc(C(=O)NC(C(N)=O)C(C)C)c1F. The Balaban J connectivity index is 2.97. The molecule has 0 aliphatic carbocycles. The molecule has 6 nitrogen and oxygen atoms in total. The maximum atomic E-state index is 14.1. The number of carbonyl (C=O) groups is 2. The van der Waals surface area contributed by atoms with Gasteiger partial charge >= 0.3 is 0 Å². The highest BCUT2D eigenvalue weighted by Gasteiger charge is 2.24. The van der Waals surface area contributed by atoms with E-state index in [0.717, 1.165) is 0 Å². The first-order valence-electron chi connectivity index (χ1n) is 6.37. The molecule has 1 rings (SSSR count). The Hall–Kier alpha value is -2.18. The van der Waals surface area contributed by atoms with Gasteiger partial charge in [-0.1, -0.05) is 13.8 Å². The smallest absolute Gasteiger partial charge is 0.255 e. The van der Waals surface area contributed by atoms with Crippen LogP contribution in [0, 0.1) is 11.7 Å². The minimum atomic E-state index is -0.849. The molecule has 1 unspecified atom stereocenters. The number of hydrogen-bond acceptors (Lipinski definition) is 4. The number of halogens is 1. The first-order valence-corrected chi connectivity index (χ1v) is 6.37. The van der Waals surface area contributed by atoms with Crippen LogP contribution in [-0.4, -0.2) is 29.4 Å². The van der Waals surface area contributed by atoms with Crippen LogP contribution in [0.5, 0.6) is 0 Å². The first-order chi connectivity index (χ1) is 9.38. The van der Waals surface area contributed by atoms with Crippen LogP contribution < -0.4 is 16.4 Å². The van der Waals surface area contributed by atoms with E-state index in [2.05, 4.69) is 15.6 Å². The minimum Gasteiger partial charge on any atom is -0.368 e. The second kappa shape index (κ2) is 6.83. The van der Waals surface area contributed by atoms with Gasteiger partial charge < -0.3 is 16.4 Å². The van der Waals surface area contributed by atoms with E-state index < -0.39 is 23.7 Å². The number of nitrogens with two attached hydrogens (primary N) is 1. The predicted molar refractivity (Wildman–Crippen MR) is 73.6 cm³/mol. The Bertz CT molecular complexity index is 505. The van der Waals surface area contributed by atoms with Gasteiger partial charge in [0, 0.05) is 12.7 Å². The van der Waals surface area contributed by atoms with Crippen molar-refractivity contribution >= 4 is 17.6 Å². The molecule has 0 bridgehead atoms. The molecule has 0 spiro atoms. The molecule has 1 aromatic heterocycles. The summed E-state index contributed by atoms with van der Waals surface area (Å²) in [5.41, 5.74) is 5.03. The average molecular weight is 282 g/mol. The Morgan fingerprint density at radius 3 is 2.60 bits per heavy atom. The molecule has 7 heteroatoms. The first kappa shape index (κ1) is 15.9. The number of amides is 2. The van der Waals surface area contributed by atoms with E-state index in [0.29, 0.717) is 6.54 Å². The molecule has 0 radical (unpaired) electrons. The molecule has 2 amide bonds. The summed E-state index contributed by atoms with van der Waals surface area (Å²) in [4.78, 5) is 27.1. The Morgan fingerprint density at radius 1 is 1.45 bits per heavy atom. The summed E-state index contributed by atoms with van der Waals surface area (Å²) in [6, 6.07) is 0.404. The summed E-state index contributed by atoms with van der Waals surface area (Å²) in [5.74, 6) is -2.29. The molecule has 0 aliphatic heterocycles. The van der Waals surface area contributed by atoms with Crippen molar-refractivity contribution in [2.45, 2.75) is 26.8 Å².